The second-order valence-electron chi connectivity index (χ2n) is 10.5. The largest absolute Gasteiger partial charge is 0.497 e. The van der Waals surface area contributed by atoms with Gasteiger partial charge in [0.2, 0.25) is 11.8 Å². The third-order valence-corrected chi connectivity index (χ3v) is 7.52. The summed E-state index contributed by atoms with van der Waals surface area (Å²) in [6, 6.07) is 11.6. The van der Waals surface area contributed by atoms with Crippen molar-refractivity contribution in [3.05, 3.63) is 59.2 Å². The van der Waals surface area contributed by atoms with Crippen LogP contribution in [0.15, 0.2) is 42.5 Å². The minimum absolute atomic E-state index is 0.0212. The molecule has 1 aliphatic carbocycles. The molecule has 4 aliphatic rings. The van der Waals surface area contributed by atoms with E-state index < -0.39 is 17.6 Å². The second-order valence-corrected chi connectivity index (χ2v) is 10.5. The van der Waals surface area contributed by atoms with Crippen molar-refractivity contribution in [2.24, 2.45) is 0 Å². The Morgan fingerprint density at radius 1 is 1.15 bits per heavy atom. The van der Waals surface area contributed by atoms with Crippen LogP contribution in [0.25, 0.3) is 0 Å². The van der Waals surface area contributed by atoms with E-state index >= 15 is 0 Å². The average molecular weight is 544 g/mol. The Bertz CT molecular complexity index is 1440. The molecule has 0 radical (unpaired) electrons. The number of rotatable bonds is 6. The van der Waals surface area contributed by atoms with Crippen molar-refractivity contribution in [1.29, 1.82) is 0 Å². The number of amides is 5. The molecule has 206 valence electrons. The van der Waals surface area contributed by atoms with Crippen molar-refractivity contribution < 1.29 is 28.8 Å². The molecule has 0 spiro atoms. The highest BCUT2D eigenvalue weighted by Crippen LogP contribution is 2.30. The number of benzene rings is 2. The lowest BCUT2D eigenvalue weighted by Crippen LogP contribution is -2.64. The molecule has 11 nitrogen and oxygen atoms in total. The lowest BCUT2D eigenvalue weighted by molar-refractivity contribution is -0.124. The Kier molecular flexibility index (Phi) is 6.56. The minimum Gasteiger partial charge on any atom is -0.497 e. The topological polar surface area (TPSA) is 129 Å². The first-order chi connectivity index (χ1) is 19.3. The van der Waals surface area contributed by atoms with Gasteiger partial charge in [0.1, 0.15) is 23.9 Å². The summed E-state index contributed by atoms with van der Waals surface area (Å²) < 4.78 is 5.26. The maximum Gasteiger partial charge on any atom is 0.340 e. The van der Waals surface area contributed by atoms with E-state index in [-0.39, 0.29) is 36.9 Å². The van der Waals surface area contributed by atoms with Gasteiger partial charge in [-0.2, -0.15) is 0 Å². The van der Waals surface area contributed by atoms with Crippen LogP contribution in [0.3, 0.4) is 0 Å². The van der Waals surface area contributed by atoms with E-state index in [9.17, 15) is 19.2 Å². The zero-order chi connectivity index (χ0) is 27.9. The number of urea groups is 1. The van der Waals surface area contributed by atoms with Gasteiger partial charge in [-0.05, 0) is 61.2 Å². The summed E-state index contributed by atoms with van der Waals surface area (Å²) in [5, 5.41) is 5.83. The summed E-state index contributed by atoms with van der Waals surface area (Å²) in [4.78, 5) is 59.2. The van der Waals surface area contributed by atoms with Crippen LogP contribution in [0.1, 0.15) is 47.2 Å². The van der Waals surface area contributed by atoms with E-state index in [4.69, 9.17) is 9.57 Å². The fourth-order valence-corrected chi connectivity index (χ4v) is 5.29. The van der Waals surface area contributed by atoms with E-state index in [0.29, 0.717) is 42.0 Å². The third kappa shape index (κ3) is 5.05. The van der Waals surface area contributed by atoms with Crippen LogP contribution in [0, 0.1) is 11.8 Å². The molecular weight excluding hydrogens is 514 g/mol. The highest BCUT2D eigenvalue weighted by Gasteiger charge is 2.41. The van der Waals surface area contributed by atoms with Crippen LogP contribution >= 0.6 is 0 Å². The standard InChI is InChI=1S/C29H29N5O6/c1-39-22-9-4-19-15-33(27(37)23(19)14-22)16-29(17-40-32-28(38)31-29)13-12-18-2-7-21(8-3-18)34-24(10-11-25(34)35)26(36)30-20-5-6-20/h2-4,7-9,14,20,24H,5-6,10-11,15-17H2,1H3,(H,30,36)(H2,31,32,38)/t24?,29-/m1/s1. The summed E-state index contributed by atoms with van der Waals surface area (Å²) >= 11 is 0. The van der Waals surface area contributed by atoms with Gasteiger partial charge >= 0.3 is 6.03 Å². The highest BCUT2D eigenvalue weighted by molar-refractivity contribution is 6.04. The first kappa shape index (κ1) is 25.7. The number of carbonyl (C=O) groups excluding carboxylic acids is 4. The quantitative estimate of drug-likeness (QED) is 0.473. The van der Waals surface area contributed by atoms with Gasteiger partial charge in [0.05, 0.1) is 13.7 Å². The number of ether oxygens (including phenoxy) is 1. The summed E-state index contributed by atoms with van der Waals surface area (Å²) in [7, 11) is 1.55. The van der Waals surface area contributed by atoms with E-state index in [1.54, 1.807) is 47.2 Å². The first-order valence-corrected chi connectivity index (χ1v) is 13.3. The Morgan fingerprint density at radius 3 is 2.67 bits per heavy atom. The molecule has 3 aliphatic heterocycles. The normalized spacial score (nSPS) is 23.6. The predicted molar refractivity (Wildman–Crippen MR) is 143 cm³/mol. The molecule has 5 amide bonds. The number of hydrogen-bond donors (Lipinski definition) is 3. The van der Waals surface area contributed by atoms with E-state index in [0.717, 1.165) is 18.4 Å². The maximum atomic E-state index is 13.2. The summed E-state index contributed by atoms with van der Waals surface area (Å²) in [5.74, 6) is 6.43. The average Bonchev–Trinajstić information content (AvgIpc) is 3.61. The van der Waals surface area contributed by atoms with Crippen molar-refractivity contribution >= 4 is 29.4 Å². The molecule has 2 atom stereocenters. The van der Waals surface area contributed by atoms with Crippen molar-refractivity contribution in [2.45, 2.75) is 49.9 Å². The zero-order valence-electron chi connectivity index (χ0n) is 22.0. The number of fused-ring (bicyclic) bond motifs is 1. The molecule has 0 bridgehead atoms. The SMILES string of the molecule is COc1ccc2c(c1)C(=O)N(C[C@]1(C#Cc3ccc(N4C(=O)CCC4C(=O)NC4CC4)cc3)CONC(=O)N1)C2. The Morgan fingerprint density at radius 2 is 1.95 bits per heavy atom. The lowest BCUT2D eigenvalue weighted by Gasteiger charge is -2.36. The van der Waals surface area contributed by atoms with Crippen LogP contribution < -0.4 is 25.8 Å². The van der Waals surface area contributed by atoms with Gasteiger partial charge < -0.3 is 20.3 Å². The van der Waals surface area contributed by atoms with E-state index in [1.807, 2.05) is 12.1 Å². The van der Waals surface area contributed by atoms with Crippen LogP contribution in [0.4, 0.5) is 10.5 Å². The number of hydroxylamine groups is 1. The van der Waals surface area contributed by atoms with Gasteiger partial charge in [-0.3, -0.25) is 24.1 Å². The fraction of sp³-hybridized carbons (Fsp3) is 0.379. The monoisotopic (exact) mass is 543 g/mol. The molecule has 3 N–H and O–H groups in total. The molecule has 3 heterocycles. The van der Waals surface area contributed by atoms with Crippen molar-refractivity contribution in [3.8, 4) is 17.6 Å². The summed E-state index contributed by atoms with van der Waals surface area (Å²) in [5.41, 5.74) is 3.81. The Balaban J connectivity index is 1.20. The third-order valence-electron chi connectivity index (χ3n) is 7.52. The van der Waals surface area contributed by atoms with E-state index in [2.05, 4.69) is 28.0 Å². The zero-order valence-corrected chi connectivity index (χ0v) is 22.0. The van der Waals surface area contributed by atoms with Crippen LogP contribution in [-0.4, -0.2) is 66.5 Å². The van der Waals surface area contributed by atoms with Crippen LogP contribution in [0.5, 0.6) is 5.75 Å². The molecule has 1 unspecified atom stereocenters. The van der Waals surface area contributed by atoms with Gasteiger partial charge in [0, 0.05) is 35.8 Å². The predicted octanol–water partition coefficient (Wildman–Crippen LogP) is 1.46. The van der Waals surface area contributed by atoms with Crippen molar-refractivity contribution in [1.82, 2.24) is 21.0 Å². The van der Waals surface area contributed by atoms with Gasteiger partial charge in [0.15, 0.2) is 0 Å². The molecule has 1 saturated carbocycles. The molecule has 2 saturated heterocycles. The molecule has 0 aromatic heterocycles. The Labute approximate surface area is 231 Å². The summed E-state index contributed by atoms with van der Waals surface area (Å²) in [6.45, 7) is 0.508. The molecule has 2 aromatic rings. The fourth-order valence-electron chi connectivity index (χ4n) is 5.29. The Hall–Kier alpha value is -4.56. The van der Waals surface area contributed by atoms with Crippen molar-refractivity contribution in [3.63, 3.8) is 0 Å². The minimum atomic E-state index is -1.15. The number of anilines is 1. The first-order valence-electron chi connectivity index (χ1n) is 13.3. The van der Waals surface area contributed by atoms with Crippen molar-refractivity contribution in [2.75, 3.05) is 25.2 Å². The summed E-state index contributed by atoms with van der Waals surface area (Å²) in [6.07, 6.45) is 2.78. The number of hydrogen-bond acceptors (Lipinski definition) is 6. The van der Waals surface area contributed by atoms with Crippen LogP contribution in [-0.2, 0) is 21.0 Å². The molecule has 11 heteroatoms. The lowest BCUT2D eigenvalue weighted by atomic mass is 9.99. The van der Waals surface area contributed by atoms with Gasteiger partial charge in [-0.25, -0.2) is 10.3 Å². The van der Waals surface area contributed by atoms with Gasteiger partial charge in [-0.1, -0.05) is 17.9 Å². The second kappa shape index (κ2) is 10.2. The molecule has 6 rings (SSSR count). The van der Waals surface area contributed by atoms with Gasteiger partial charge in [-0.15, -0.1) is 0 Å². The number of methoxy groups -OCH3 is 1. The van der Waals surface area contributed by atoms with E-state index in [1.165, 1.54) is 0 Å². The highest BCUT2D eigenvalue weighted by atomic mass is 16.7. The number of nitrogens with one attached hydrogen (secondary N) is 3. The maximum absolute atomic E-state index is 13.2. The number of carbonyl (C=O) groups is 4. The van der Waals surface area contributed by atoms with Crippen LogP contribution in [0.2, 0.25) is 0 Å². The molecule has 2 aromatic carbocycles. The smallest absolute Gasteiger partial charge is 0.340 e. The molecule has 40 heavy (non-hydrogen) atoms. The van der Waals surface area contributed by atoms with Gasteiger partial charge in [0.25, 0.3) is 5.91 Å². The molecular formula is C29H29N5O6. The molecule has 3 fully saturated rings. The number of nitrogens with zero attached hydrogens (tertiary/aromatic N) is 2.